The number of thiophene rings is 1. The number of rotatable bonds is 5. The number of aromatic nitrogens is 3. The Morgan fingerprint density at radius 1 is 1.21 bits per heavy atom. The zero-order chi connectivity index (χ0) is 16.7. The molecule has 24 heavy (non-hydrogen) atoms. The van der Waals surface area contributed by atoms with Crippen LogP contribution < -0.4 is 10.6 Å². The zero-order valence-electron chi connectivity index (χ0n) is 13.9. The second-order valence-corrected chi connectivity index (χ2v) is 8.27. The van der Waals surface area contributed by atoms with Crippen LogP contribution in [0.5, 0.6) is 0 Å². The van der Waals surface area contributed by atoms with E-state index in [4.69, 9.17) is 15.2 Å². The van der Waals surface area contributed by atoms with Gasteiger partial charge in [-0.2, -0.15) is 4.98 Å². The molecule has 0 radical (unpaired) electrons. The van der Waals surface area contributed by atoms with Gasteiger partial charge in [0.05, 0.1) is 15.1 Å². The van der Waals surface area contributed by atoms with Crippen molar-refractivity contribution in [1.29, 1.82) is 0 Å². The van der Waals surface area contributed by atoms with Crippen LogP contribution in [0.2, 0.25) is 0 Å². The van der Waals surface area contributed by atoms with Crippen LogP contribution in [0.4, 0.5) is 5.13 Å². The van der Waals surface area contributed by atoms with Crippen molar-refractivity contribution < 1.29 is 4.52 Å². The Morgan fingerprint density at radius 2 is 1.96 bits per heavy atom. The van der Waals surface area contributed by atoms with Crippen LogP contribution >= 0.6 is 22.7 Å². The van der Waals surface area contributed by atoms with Crippen molar-refractivity contribution >= 4 is 37.3 Å². The molecule has 1 aliphatic rings. The number of fused-ring (bicyclic) bond motifs is 1. The molecule has 0 aliphatic heterocycles. The highest BCUT2D eigenvalue weighted by Crippen LogP contribution is 2.40. The number of nitrogens with two attached hydrogens (primary N) is 1. The third kappa shape index (κ3) is 2.62. The molecule has 1 fully saturated rings. The molecule has 128 valence electrons. The normalized spacial score (nSPS) is 17.0. The largest absolute Gasteiger partial charge is 0.349 e. The number of anilines is 1. The van der Waals surface area contributed by atoms with Gasteiger partial charge in [-0.15, -0.1) is 11.3 Å². The Hall–Kier alpha value is -1.51. The van der Waals surface area contributed by atoms with Crippen LogP contribution in [0.15, 0.2) is 10.6 Å². The van der Waals surface area contributed by atoms with Gasteiger partial charge in [-0.05, 0) is 32.8 Å². The maximum absolute atomic E-state index is 6.41. The Labute approximate surface area is 148 Å². The number of thiazole rings is 1. The summed E-state index contributed by atoms with van der Waals surface area (Å²) in [6.07, 6.45) is 4.13. The summed E-state index contributed by atoms with van der Waals surface area (Å²) in [4.78, 5) is 13.6. The minimum Gasteiger partial charge on any atom is -0.349 e. The van der Waals surface area contributed by atoms with Crippen molar-refractivity contribution in [3.8, 4) is 10.8 Å². The first-order chi connectivity index (χ1) is 11.6. The molecular formula is C16H21N5OS2. The van der Waals surface area contributed by atoms with E-state index in [0.29, 0.717) is 11.7 Å². The highest BCUT2D eigenvalue weighted by molar-refractivity contribution is 7.30. The summed E-state index contributed by atoms with van der Waals surface area (Å²) in [5.41, 5.74) is 6.00. The van der Waals surface area contributed by atoms with Crippen LogP contribution in [-0.4, -0.2) is 28.2 Å². The molecule has 6 nitrogen and oxygen atoms in total. The lowest BCUT2D eigenvalue weighted by molar-refractivity contribution is 0.373. The van der Waals surface area contributed by atoms with E-state index in [0.717, 1.165) is 53.6 Å². The fourth-order valence-corrected chi connectivity index (χ4v) is 5.47. The summed E-state index contributed by atoms with van der Waals surface area (Å²) >= 11 is 3.31. The molecule has 2 N–H and O–H groups in total. The van der Waals surface area contributed by atoms with Crippen molar-refractivity contribution in [2.45, 2.75) is 45.1 Å². The van der Waals surface area contributed by atoms with E-state index in [1.165, 1.54) is 4.70 Å². The molecule has 1 saturated carbocycles. The van der Waals surface area contributed by atoms with E-state index in [1.807, 2.05) is 0 Å². The molecule has 0 amide bonds. The Morgan fingerprint density at radius 3 is 2.62 bits per heavy atom. The maximum atomic E-state index is 6.41. The molecule has 0 bridgehead atoms. The Kier molecular flexibility index (Phi) is 4.06. The molecule has 4 rings (SSSR count). The summed E-state index contributed by atoms with van der Waals surface area (Å²) < 4.78 is 6.65. The molecule has 0 saturated heterocycles. The predicted molar refractivity (Wildman–Crippen MR) is 98.7 cm³/mol. The molecule has 0 unspecified atom stereocenters. The molecule has 0 spiro atoms. The number of nitrogens with zero attached hydrogens (tertiary/aromatic N) is 4. The van der Waals surface area contributed by atoms with Crippen LogP contribution in [0.25, 0.3) is 20.3 Å². The van der Waals surface area contributed by atoms with E-state index in [2.05, 4.69) is 35.0 Å². The highest BCUT2D eigenvalue weighted by Gasteiger charge is 2.36. The molecule has 0 aromatic carbocycles. The fraction of sp³-hybridized carbons (Fsp3) is 0.562. The third-order valence-corrected chi connectivity index (χ3v) is 6.90. The predicted octanol–water partition coefficient (Wildman–Crippen LogP) is 3.98. The van der Waals surface area contributed by atoms with Gasteiger partial charge in [0.2, 0.25) is 0 Å². The van der Waals surface area contributed by atoms with E-state index in [1.54, 1.807) is 22.7 Å². The quantitative estimate of drug-likeness (QED) is 0.738. The SMILES string of the molecule is CCN(CC)c1nc2sc(-c3nc(C4(N)CCCC4)no3)cc2s1. The Balaban J connectivity index is 1.63. The average Bonchev–Trinajstić information content (AvgIpc) is 3.30. The van der Waals surface area contributed by atoms with Crippen molar-refractivity contribution in [3.63, 3.8) is 0 Å². The third-order valence-electron chi connectivity index (χ3n) is 4.69. The van der Waals surface area contributed by atoms with Gasteiger partial charge in [-0.1, -0.05) is 29.3 Å². The van der Waals surface area contributed by atoms with Crippen molar-refractivity contribution in [1.82, 2.24) is 15.1 Å². The maximum Gasteiger partial charge on any atom is 0.268 e. The van der Waals surface area contributed by atoms with E-state index >= 15 is 0 Å². The molecule has 8 heteroatoms. The Bertz CT molecular complexity index is 810. The van der Waals surface area contributed by atoms with E-state index in [-0.39, 0.29) is 0 Å². The number of hydrogen-bond donors (Lipinski definition) is 1. The van der Waals surface area contributed by atoms with Crippen molar-refractivity contribution in [2.75, 3.05) is 18.0 Å². The average molecular weight is 364 g/mol. The summed E-state index contributed by atoms with van der Waals surface area (Å²) in [5, 5.41) is 5.22. The summed E-state index contributed by atoms with van der Waals surface area (Å²) in [6, 6.07) is 2.10. The molecule has 1 aliphatic carbocycles. The molecule has 0 atom stereocenters. The minimum absolute atomic E-state index is 0.412. The fourth-order valence-electron chi connectivity index (χ4n) is 3.21. The standard InChI is InChI=1S/C16H21N5OS2/c1-3-21(4-2)15-19-13-11(24-15)9-10(23-13)12-18-14(20-22-12)16(17)7-5-6-8-16/h9H,3-8,17H2,1-2H3. The van der Waals surface area contributed by atoms with E-state index in [9.17, 15) is 0 Å². The van der Waals surface area contributed by atoms with Crippen molar-refractivity contribution in [2.24, 2.45) is 5.73 Å². The van der Waals surface area contributed by atoms with Crippen LogP contribution in [0, 0.1) is 0 Å². The summed E-state index contributed by atoms with van der Waals surface area (Å²) in [5.74, 6) is 1.20. The van der Waals surface area contributed by atoms with Crippen LogP contribution in [0.3, 0.4) is 0 Å². The second kappa shape index (κ2) is 6.09. The lowest BCUT2D eigenvalue weighted by Crippen LogP contribution is -2.34. The summed E-state index contributed by atoms with van der Waals surface area (Å²) in [7, 11) is 0. The second-order valence-electron chi connectivity index (χ2n) is 6.24. The van der Waals surface area contributed by atoms with Crippen LogP contribution in [-0.2, 0) is 5.54 Å². The van der Waals surface area contributed by atoms with Gasteiger partial charge in [0, 0.05) is 13.1 Å². The van der Waals surface area contributed by atoms with Gasteiger partial charge in [0.1, 0.15) is 4.83 Å². The first-order valence-corrected chi connectivity index (χ1v) is 10.0. The van der Waals surface area contributed by atoms with Gasteiger partial charge in [0.15, 0.2) is 11.0 Å². The van der Waals surface area contributed by atoms with E-state index < -0.39 is 5.54 Å². The number of hydrogen-bond acceptors (Lipinski definition) is 8. The lowest BCUT2D eigenvalue weighted by atomic mass is 9.99. The summed E-state index contributed by atoms with van der Waals surface area (Å²) in [6.45, 7) is 6.23. The highest BCUT2D eigenvalue weighted by atomic mass is 32.1. The first-order valence-electron chi connectivity index (χ1n) is 8.41. The lowest BCUT2D eigenvalue weighted by Gasteiger charge is -2.17. The van der Waals surface area contributed by atoms with Gasteiger partial charge < -0.3 is 15.2 Å². The minimum atomic E-state index is -0.412. The monoisotopic (exact) mass is 363 g/mol. The van der Waals surface area contributed by atoms with Gasteiger partial charge >= 0.3 is 0 Å². The van der Waals surface area contributed by atoms with Gasteiger partial charge in [-0.3, -0.25) is 0 Å². The molecule has 3 heterocycles. The molecular weight excluding hydrogens is 342 g/mol. The van der Waals surface area contributed by atoms with Gasteiger partial charge in [-0.25, -0.2) is 4.98 Å². The molecule has 3 aromatic heterocycles. The molecule has 3 aromatic rings. The topological polar surface area (TPSA) is 81.1 Å². The zero-order valence-corrected chi connectivity index (χ0v) is 15.5. The van der Waals surface area contributed by atoms with Crippen LogP contribution in [0.1, 0.15) is 45.4 Å². The smallest absolute Gasteiger partial charge is 0.268 e. The van der Waals surface area contributed by atoms with Gasteiger partial charge in [0.25, 0.3) is 5.89 Å². The van der Waals surface area contributed by atoms with Crippen molar-refractivity contribution in [3.05, 3.63) is 11.9 Å². The first kappa shape index (κ1) is 16.0.